The Morgan fingerprint density at radius 3 is 2.78 bits per heavy atom. The van der Waals surface area contributed by atoms with Gasteiger partial charge in [-0.1, -0.05) is 43.3 Å². The normalized spacial score (nSPS) is 21.3. The zero-order chi connectivity index (χ0) is 12.4. The summed E-state index contributed by atoms with van der Waals surface area (Å²) in [4.78, 5) is 2.60. The zero-order valence-corrected chi connectivity index (χ0v) is 11.1. The number of nitrogens with zero attached hydrogens (tertiary/aromatic N) is 1. The Morgan fingerprint density at radius 1 is 1.11 bits per heavy atom. The van der Waals surface area contributed by atoms with Crippen molar-refractivity contribution in [2.45, 2.75) is 26.3 Å². The number of piperidine rings is 1. The standard InChI is InChI=1S/C17H21N/c1-14-5-4-10-18(12-14)13-15-8-9-16-6-2-3-7-17(16)11-15/h2-3,6-9,11,14H,4-5,10,12-13H2,1H3. The predicted molar refractivity (Wildman–Crippen MR) is 77.6 cm³/mol. The first-order valence-electron chi connectivity index (χ1n) is 7.01. The van der Waals surface area contributed by atoms with Crippen molar-refractivity contribution in [2.75, 3.05) is 13.1 Å². The van der Waals surface area contributed by atoms with Crippen molar-refractivity contribution < 1.29 is 0 Å². The minimum atomic E-state index is 0.860. The molecule has 1 aliphatic heterocycles. The Bertz CT molecular complexity index is 532. The van der Waals surface area contributed by atoms with Gasteiger partial charge in [-0.25, -0.2) is 0 Å². The largest absolute Gasteiger partial charge is 0.299 e. The summed E-state index contributed by atoms with van der Waals surface area (Å²) in [6, 6.07) is 15.5. The highest BCUT2D eigenvalue weighted by Crippen LogP contribution is 2.20. The molecule has 3 rings (SSSR count). The third-order valence-electron chi connectivity index (χ3n) is 3.96. The number of hydrogen-bond acceptors (Lipinski definition) is 1. The quantitative estimate of drug-likeness (QED) is 0.763. The molecule has 1 aliphatic rings. The highest BCUT2D eigenvalue weighted by Gasteiger charge is 2.16. The van der Waals surface area contributed by atoms with Crippen LogP contribution in [0.4, 0.5) is 0 Å². The van der Waals surface area contributed by atoms with Crippen molar-refractivity contribution in [3.05, 3.63) is 48.0 Å². The van der Waals surface area contributed by atoms with E-state index in [1.807, 2.05) is 0 Å². The molecule has 1 fully saturated rings. The van der Waals surface area contributed by atoms with Gasteiger partial charge in [-0.3, -0.25) is 4.90 Å². The van der Waals surface area contributed by atoms with Crippen LogP contribution in [-0.2, 0) is 6.54 Å². The second kappa shape index (κ2) is 5.11. The van der Waals surface area contributed by atoms with Gasteiger partial charge in [0.15, 0.2) is 0 Å². The molecule has 0 saturated carbocycles. The highest BCUT2D eigenvalue weighted by molar-refractivity contribution is 5.82. The molecule has 0 amide bonds. The van der Waals surface area contributed by atoms with E-state index in [0.29, 0.717) is 0 Å². The van der Waals surface area contributed by atoms with Crippen LogP contribution in [0.15, 0.2) is 42.5 Å². The van der Waals surface area contributed by atoms with Crippen molar-refractivity contribution in [1.82, 2.24) is 4.90 Å². The lowest BCUT2D eigenvalue weighted by Crippen LogP contribution is -2.33. The molecule has 0 radical (unpaired) electrons. The molecule has 0 aliphatic carbocycles. The average molecular weight is 239 g/mol. The molecule has 1 heteroatoms. The van der Waals surface area contributed by atoms with Gasteiger partial charge in [0, 0.05) is 13.1 Å². The molecular formula is C17H21N. The maximum atomic E-state index is 2.60. The molecule has 2 aromatic rings. The molecule has 18 heavy (non-hydrogen) atoms. The molecule has 2 aromatic carbocycles. The second-order valence-electron chi connectivity index (χ2n) is 5.66. The number of hydrogen-bond donors (Lipinski definition) is 0. The van der Waals surface area contributed by atoms with Crippen LogP contribution < -0.4 is 0 Å². The summed E-state index contributed by atoms with van der Waals surface area (Å²) >= 11 is 0. The lowest BCUT2D eigenvalue weighted by molar-refractivity contribution is 0.176. The van der Waals surface area contributed by atoms with Crippen LogP contribution in [0.3, 0.4) is 0 Å². The molecule has 0 aromatic heterocycles. The van der Waals surface area contributed by atoms with Crippen molar-refractivity contribution in [2.24, 2.45) is 5.92 Å². The number of fused-ring (bicyclic) bond motifs is 1. The molecule has 1 heterocycles. The van der Waals surface area contributed by atoms with Crippen molar-refractivity contribution in [3.8, 4) is 0 Å². The van der Waals surface area contributed by atoms with Crippen molar-refractivity contribution in [3.63, 3.8) is 0 Å². The molecule has 1 nitrogen and oxygen atoms in total. The summed E-state index contributed by atoms with van der Waals surface area (Å²) in [5.74, 6) is 0.860. The van der Waals surface area contributed by atoms with Crippen LogP contribution in [0.5, 0.6) is 0 Å². The van der Waals surface area contributed by atoms with Gasteiger partial charge in [-0.2, -0.15) is 0 Å². The molecule has 94 valence electrons. The maximum absolute atomic E-state index is 2.60. The minimum absolute atomic E-state index is 0.860. The molecule has 0 bridgehead atoms. The number of likely N-dealkylation sites (tertiary alicyclic amines) is 1. The first-order chi connectivity index (χ1) is 8.81. The highest BCUT2D eigenvalue weighted by atomic mass is 15.1. The van der Waals surface area contributed by atoms with Gasteiger partial charge in [0.25, 0.3) is 0 Å². The van der Waals surface area contributed by atoms with E-state index in [1.54, 1.807) is 0 Å². The Labute approximate surface area is 109 Å². The summed E-state index contributed by atoms with van der Waals surface area (Å²) < 4.78 is 0. The number of rotatable bonds is 2. The van der Waals surface area contributed by atoms with Crippen LogP contribution in [0.2, 0.25) is 0 Å². The third-order valence-corrected chi connectivity index (χ3v) is 3.96. The van der Waals surface area contributed by atoms with E-state index >= 15 is 0 Å². The van der Waals surface area contributed by atoms with Gasteiger partial charge in [0.05, 0.1) is 0 Å². The van der Waals surface area contributed by atoms with E-state index in [4.69, 9.17) is 0 Å². The third kappa shape index (κ3) is 2.56. The average Bonchev–Trinajstić information content (AvgIpc) is 2.39. The van der Waals surface area contributed by atoms with E-state index in [1.165, 1.54) is 42.3 Å². The van der Waals surface area contributed by atoms with E-state index in [2.05, 4.69) is 54.3 Å². The fourth-order valence-corrected chi connectivity index (χ4v) is 3.03. The van der Waals surface area contributed by atoms with Crippen LogP contribution in [0.1, 0.15) is 25.3 Å². The fourth-order valence-electron chi connectivity index (χ4n) is 3.03. The Kier molecular flexibility index (Phi) is 3.33. The monoisotopic (exact) mass is 239 g/mol. The van der Waals surface area contributed by atoms with Crippen LogP contribution >= 0.6 is 0 Å². The molecule has 1 atom stereocenters. The van der Waals surface area contributed by atoms with Gasteiger partial charge >= 0.3 is 0 Å². The number of benzene rings is 2. The smallest absolute Gasteiger partial charge is 0.0234 e. The molecule has 1 unspecified atom stereocenters. The first-order valence-corrected chi connectivity index (χ1v) is 7.01. The Morgan fingerprint density at radius 2 is 1.94 bits per heavy atom. The van der Waals surface area contributed by atoms with Gasteiger partial charge in [0.2, 0.25) is 0 Å². The SMILES string of the molecule is CC1CCCN(Cc2ccc3ccccc3c2)C1. The molecule has 1 saturated heterocycles. The van der Waals surface area contributed by atoms with E-state index < -0.39 is 0 Å². The maximum Gasteiger partial charge on any atom is 0.0234 e. The zero-order valence-electron chi connectivity index (χ0n) is 11.1. The lowest BCUT2D eigenvalue weighted by Gasteiger charge is -2.30. The van der Waals surface area contributed by atoms with E-state index in [0.717, 1.165) is 12.5 Å². The lowest BCUT2D eigenvalue weighted by atomic mass is 9.99. The van der Waals surface area contributed by atoms with Crippen molar-refractivity contribution in [1.29, 1.82) is 0 Å². The molecular weight excluding hydrogens is 218 g/mol. The van der Waals surface area contributed by atoms with Crippen LogP contribution in [0.25, 0.3) is 10.8 Å². The first kappa shape index (κ1) is 11.7. The van der Waals surface area contributed by atoms with E-state index in [-0.39, 0.29) is 0 Å². The summed E-state index contributed by atoms with van der Waals surface area (Å²) in [5.41, 5.74) is 1.45. The predicted octanol–water partition coefficient (Wildman–Crippen LogP) is 4.07. The minimum Gasteiger partial charge on any atom is -0.299 e. The summed E-state index contributed by atoms with van der Waals surface area (Å²) in [6.45, 7) is 5.99. The van der Waals surface area contributed by atoms with E-state index in [9.17, 15) is 0 Å². The second-order valence-corrected chi connectivity index (χ2v) is 5.66. The van der Waals surface area contributed by atoms with Gasteiger partial charge < -0.3 is 0 Å². The summed E-state index contributed by atoms with van der Waals surface area (Å²) in [6.07, 6.45) is 2.75. The van der Waals surface area contributed by atoms with Crippen molar-refractivity contribution >= 4 is 10.8 Å². The van der Waals surface area contributed by atoms with Crippen LogP contribution in [-0.4, -0.2) is 18.0 Å². The topological polar surface area (TPSA) is 3.24 Å². The molecule has 0 N–H and O–H groups in total. The Hall–Kier alpha value is -1.34. The van der Waals surface area contributed by atoms with Gasteiger partial charge in [0.1, 0.15) is 0 Å². The van der Waals surface area contributed by atoms with Crippen LogP contribution in [0, 0.1) is 5.92 Å². The summed E-state index contributed by atoms with van der Waals surface area (Å²) in [5, 5.41) is 2.70. The Balaban J connectivity index is 1.78. The summed E-state index contributed by atoms with van der Waals surface area (Å²) in [7, 11) is 0. The fraction of sp³-hybridized carbons (Fsp3) is 0.412. The van der Waals surface area contributed by atoms with Gasteiger partial charge in [-0.15, -0.1) is 0 Å². The van der Waals surface area contributed by atoms with Gasteiger partial charge in [-0.05, 0) is 47.7 Å². The molecule has 0 spiro atoms.